The van der Waals surface area contributed by atoms with E-state index in [9.17, 15) is 13.2 Å². The van der Waals surface area contributed by atoms with E-state index < -0.39 is 16.0 Å². The van der Waals surface area contributed by atoms with Crippen LogP contribution in [0, 0.1) is 6.92 Å². The number of hydrogen-bond donors (Lipinski definition) is 1. The van der Waals surface area contributed by atoms with Crippen molar-refractivity contribution in [3.05, 3.63) is 52.9 Å². The zero-order valence-corrected chi connectivity index (χ0v) is 14.2. The van der Waals surface area contributed by atoms with E-state index in [2.05, 4.69) is 0 Å². The molecule has 1 heterocycles. The second-order valence-corrected chi connectivity index (χ2v) is 7.28. The minimum atomic E-state index is -3.84. The molecule has 0 amide bonds. The zero-order valence-electron chi connectivity index (χ0n) is 13.4. The Balaban J connectivity index is 2.53. The Morgan fingerprint density at radius 1 is 1.22 bits per heavy atom. The van der Waals surface area contributed by atoms with E-state index >= 15 is 0 Å². The number of ether oxygens (including phenoxy) is 1. The smallest absolute Gasteiger partial charge is 0.341 e. The predicted molar refractivity (Wildman–Crippen MR) is 86.7 cm³/mol. The van der Waals surface area contributed by atoms with Gasteiger partial charge in [-0.3, -0.25) is 4.31 Å². The van der Waals surface area contributed by atoms with E-state index in [1.807, 2.05) is 13.8 Å². The predicted octanol–water partition coefficient (Wildman–Crippen LogP) is 1.68. The van der Waals surface area contributed by atoms with Crippen LogP contribution < -0.4 is 5.73 Å². The molecule has 2 N–H and O–H groups in total. The second-order valence-electron chi connectivity index (χ2n) is 5.42. The molecule has 1 aliphatic rings. The summed E-state index contributed by atoms with van der Waals surface area (Å²) in [5.41, 5.74) is 7.86. The highest BCUT2D eigenvalue weighted by molar-refractivity contribution is 7.89. The quantitative estimate of drug-likeness (QED) is 0.848. The van der Waals surface area contributed by atoms with E-state index in [0.717, 1.165) is 15.4 Å². The van der Waals surface area contributed by atoms with Crippen molar-refractivity contribution in [2.45, 2.75) is 25.2 Å². The van der Waals surface area contributed by atoms with Gasteiger partial charge in [-0.1, -0.05) is 23.3 Å². The van der Waals surface area contributed by atoms with Crippen molar-refractivity contribution >= 4 is 16.0 Å². The molecule has 0 aromatic heterocycles. The van der Waals surface area contributed by atoms with Crippen LogP contribution in [0.1, 0.15) is 18.9 Å². The fourth-order valence-corrected chi connectivity index (χ4v) is 3.71. The van der Waals surface area contributed by atoms with Crippen molar-refractivity contribution < 1.29 is 17.9 Å². The summed E-state index contributed by atoms with van der Waals surface area (Å²) in [6.07, 6.45) is 2.05. The number of aryl methyl sites for hydroxylation is 1. The third-order valence-electron chi connectivity index (χ3n) is 3.66. The Kier molecular flexibility index (Phi) is 4.79. The Morgan fingerprint density at radius 2 is 1.83 bits per heavy atom. The van der Waals surface area contributed by atoms with Crippen molar-refractivity contribution in [2.75, 3.05) is 13.7 Å². The lowest BCUT2D eigenvalue weighted by atomic mass is 10.1. The molecular weight excluding hydrogens is 316 g/mol. The molecule has 2 rings (SSSR count). The first kappa shape index (κ1) is 17.1. The highest BCUT2D eigenvalue weighted by Gasteiger charge is 2.30. The van der Waals surface area contributed by atoms with Gasteiger partial charge < -0.3 is 10.5 Å². The van der Waals surface area contributed by atoms with Crippen molar-refractivity contribution in [1.29, 1.82) is 0 Å². The van der Waals surface area contributed by atoms with Gasteiger partial charge in [-0.25, -0.2) is 13.2 Å². The van der Waals surface area contributed by atoms with Gasteiger partial charge in [-0.2, -0.15) is 0 Å². The largest absolute Gasteiger partial charge is 0.465 e. The average molecular weight is 336 g/mol. The first-order valence-electron chi connectivity index (χ1n) is 7.12. The molecule has 1 aliphatic heterocycles. The van der Waals surface area contributed by atoms with E-state index in [4.69, 9.17) is 10.5 Å². The molecule has 0 bridgehead atoms. The van der Waals surface area contributed by atoms with Crippen molar-refractivity contribution in [3.8, 4) is 0 Å². The van der Waals surface area contributed by atoms with Crippen molar-refractivity contribution in [1.82, 2.24) is 4.31 Å². The molecule has 6 nitrogen and oxygen atoms in total. The third kappa shape index (κ3) is 3.39. The SMILES string of the molecule is COC(=O)C1=C(N)N(S(=O)(=O)c2ccc(C)cc2)CCC(C)=C1. The van der Waals surface area contributed by atoms with Crippen LogP contribution in [0.15, 0.2) is 52.2 Å². The molecule has 23 heavy (non-hydrogen) atoms. The lowest BCUT2D eigenvalue weighted by Gasteiger charge is -2.24. The summed E-state index contributed by atoms with van der Waals surface area (Å²) in [5, 5.41) is 0. The highest BCUT2D eigenvalue weighted by atomic mass is 32.2. The summed E-state index contributed by atoms with van der Waals surface area (Å²) >= 11 is 0. The van der Waals surface area contributed by atoms with Gasteiger partial charge >= 0.3 is 5.97 Å². The van der Waals surface area contributed by atoms with Gasteiger partial charge in [0.05, 0.1) is 12.0 Å². The lowest BCUT2D eigenvalue weighted by Crippen LogP contribution is -2.36. The number of esters is 1. The number of carbonyl (C=O) groups is 1. The van der Waals surface area contributed by atoms with Crippen LogP contribution in [0.3, 0.4) is 0 Å². The van der Waals surface area contributed by atoms with Crippen LogP contribution in [-0.4, -0.2) is 32.3 Å². The lowest BCUT2D eigenvalue weighted by molar-refractivity contribution is -0.135. The molecule has 0 aliphatic carbocycles. The zero-order chi connectivity index (χ0) is 17.2. The number of rotatable bonds is 3. The Hall–Kier alpha value is -2.28. The van der Waals surface area contributed by atoms with E-state index in [1.165, 1.54) is 19.2 Å². The molecule has 0 radical (unpaired) electrons. The van der Waals surface area contributed by atoms with Crippen LogP contribution in [0.25, 0.3) is 0 Å². The maximum atomic E-state index is 12.9. The number of nitrogens with zero attached hydrogens (tertiary/aromatic N) is 1. The monoisotopic (exact) mass is 336 g/mol. The van der Waals surface area contributed by atoms with Gasteiger partial charge in [0.25, 0.3) is 10.0 Å². The molecular formula is C16H20N2O4S. The number of methoxy groups -OCH3 is 1. The highest BCUT2D eigenvalue weighted by Crippen LogP contribution is 2.25. The Morgan fingerprint density at radius 3 is 2.39 bits per heavy atom. The van der Waals surface area contributed by atoms with Gasteiger partial charge in [-0.15, -0.1) is 0 Å². The van der Waals surface area contributed by atoms with Crippen LogP contribution in [0.2, 0.25) is 0 Å². The summed E-state index contributed by atoms with van der Waals surface area (Å²) < 4.78 is 31.5. The molecule has 1 aromatic rings. The summed E-state index contributed by atoms with van der Waals surface area (Å²) in [4.78, 5) is 12.0. The van der Waals surface area contributed by atoms with Crippen molar-refractivity contribution in [2.24, 2.45) is 5.73 Å². The number of carbonyl (C=O) groups excluding carboxylic acids is 1. The average Bonchev–Trinajstić information content (AvgIpc) is 2.66. The van der Waals surface area contributed by atoms with Gasteiger partial charge in [0.2, 0.25) is 0 Å². The molecule has 124 valence electrons. The van der Waals surface area contributed by atoms with Gasteiger partial charge in [0.1, 0.15) is 11.4 Å². The molecule has 1 aromatic carbocycles. The summed E-state index contributed by atoms with van der Waals surface area (Å²) in [6, 6.07) is 6.49. The molecule has 0 fully saturated rings. The fourth-order valence-electron chi connectivity index (χ4n) is 2.29. The minimum absolute atomic E-state index is 0.0539. The van der Waals surface area contributed by atoms with Gasteiger partial charge in [0, 0.05) is 6.54 Å². The molecule has 0 unspecified atom stereocenters. The van der Waals surface area contributed by atoms with Crippen LogP contribution in [0.4, 0.5) is 0 Å². The molecule has 0 spiro atoms. The Labute approximate surface area is 136 Å². The van der Waals surface area contributed by atoms with Crippen LogP contribution >= 0.6 is 0 Å². The topological polar surface area (TPSA) is 89.7 Å². The number of hydrogen-bond acceptors (Lipinski definition) is 5. The summed E-state index contributed by atoms with van der Waals surface area (Å²) in [6.45, 7) is 3.86. The van der Waals surface area contributed by atoms with Crippen LogP contribution in [-0.2, 0) is 19.6 Å². The first-order chi connectivity index (χ1) is 10.8. The van der Waals surface area contributed by atoms with Crippen LogP contribution in [0.5, 0.6) is 0 Å². The number of sulfonamides is 1. The van der Waals surface area contributed by atoms with E-state index in [1.54, 1.807) is 18.2 Å². The maximum Gasteiger partial charge on any atom is 0.341 e. The number of nitrogens with two attached hydrogens (primary N) is 1. The molecule has 0 saturated heterocycles. The van der Waals surface area contributed by atoms with Gasteiger partial charge in [-0.05, 0) is 38.5 Å². The third-order valence-corrected chi connectivity index (χ3v) is 5.49. The number of benzene rings is 1. The molecule has 0 atom stereocenters. The maximum absolute atomic E-state index is 12.9. The normalized spacial score (nSPS) is 16.0. The molecule has 0 saturated carbocycles. The Bertz CT molecular complexity index is 777. The first-order valence-corrected chi connectivity index (χ1v) is 8.56. The summed E-state index contributed by atoms with van der Waals surface area (Å²) in [5.74, 6) is -0.776. The second kappa shape index (κ2) is 6.45. The minimum Gasteiger partial charge on any atom is -0.465 e. The standard InChI is InChI=1S/C16H20N2O4S/c1-11-4-6-13(7-5-11)23(20,21)18-9-8-12(2)10-14(15(18)17)16(19)22-3/h4-7,10H,8-9,17H2,1-3H3. The van der Waals surface area contributed by atoms with Crippen molar-refractivity contribution in [3.63, 3.8) is 0 Å². The van der Waals surface area contributed by atoms with E-state index in [-0.39, 0.29) is 22.8 Å². The molecule has 7 heteroatoms. The van der Waals surface area contributed by atoms with E-state index in [0.29, 0.717) is 6.42 Å². The van der Waals surface area contributed by atoms with Gasteiger partial charge in [0.15, 0.2) is 0 Å². The summed E-state index contributed by atoms with van der Waals surface area (Å²) in [7, 11) is -2.61. The fraction of sp³-hybridized carbons (Fsp3) is 0.312.